The van der Waals surface area contributed by atoms with Gasteiger partial charge >= 0.3 is 0 Å². The fourth-order valence-corrected chi connectivity index (χ4v) is 16.2. The molecule has 0 aliphatic carbocycles. The van der Waals surface area contributed by atoms with Crippen molar-refractivity contribution >= 4 is 140 Å². The second-order valence-corrected chi connectivity index (χ2v) is 26.6. The van der Waals surface area contributed by atoms with Gasteiger partial charge in [0.1, 0.15) is 0 Å². The van der Waals surface area contributed by atoms with Crippen LogP contribution >= 0.6 is 0 Å². The summed E-state index contributed by atoms with van der Waals surface area (Å²) >= 11 is 0. The molecule has 6 nitrogen and oxygen atoms in total. The molecule has 0 N–H and O–H groups in total. The molecule has 7 heteroatoms. The summed E-state index contributed by atoms with van der Waals surface area (Å²) < 4.78 is 279. The van der Waals surface area contributed by atoms with E-state index in [9.17, 15) is 30.2 Å². The number of rotatable bonds is 12. The molecule has 0 atom stereocenters. The first-order valence-electron chi connectivity index (χ1n) is 49.7. The van der Waals surface area contributed by atoms with Crippen molar-refractivity contribution in [2.45, 2.75) is 0 Å². The molecular formula is C102H67BN6. The molecule has 5 heterocycles. The monoisotopic (exact) mass is 1420 g/mol. The highest BCUT2D eigenvalue weighted by Crippen LogP contribution is 2.54. The van der Waals surface area contributed by atoms with Gasteiger partial charge < -0.3 is 28.4 Å². The third kappa shape index (κ3) is 9.91. The van der Waals surface area contributed by atoms with Crippen molar-refractivity contribution in [3.05, 3.63) is 406 Å². The van der Waals surface area contributed by atoms with Gasteiger partial charge in [-0.15, -0.1) is 0 Å². The Balaban J connectivity index is 0.934. The highest BCUT2D eigenvalue weighted by Gasteiger charge is 2.46. The van der Waals surface area contributed by atoms with Crippen molar-refractivity contribution in [2.24, 2.45) is 0 Å². The van der Waals surface area contributed by atoms with Gasteiger partial charge in [-0.3, -0.25) is 0 Å². The van der Waals surface area contributed by atoms with Crippen LogP contribution < -0.4 is 31.1 Å². The van der Waals surface area contributed by atoms with Crippen LogP contribution in [0.15, 0.2) is 406 Å². The van der Waals surface area contributed by atoms with Gasteiger partial charge in [-0.2, -0.15) is 0 Å². The normalized spacial score (nSPS) is 16.1. The minimum atomic E-state index is -1.11. The Hall–Kier alpha value is -14.4. The topological polar surface area (TPSA) is 24.5 Å². The second-order valence-electron chi connectivity index (χ2n) is 26.6. The SMILES string of the molecule is [2H]c1c([2H])c([2H])c(N(c2ccc(-n3c4c([2H])c([2H])c([2H])c([2H])c4c4c([2H])c([2H])c([2H])c([2H])c43)cc2)c2ccc3c(c2)N(c2c(-c4ccccc4)cccc2-c2ccccc2)c2cc(-n4c5c([2H])c([2H])c([2H])c([2H])c5c5c([2H])c([2H])c([2H])c([2H])c54)cc4c2B3c2ccc(-n3c5c([2H])c([2H])c([2H])c([2H])c5c5c([2H])c([2H])c([2H])c([2H])c53)cc2N4c2cc(-c3ccccc3)cc(-c3ccccc3)c2)c([2H])c1[2H]. The molecule has 0 saturated heterocycles. The van der Waals surface area contributed by atoms with Gasteiger partial charge in [-0.25, -0.2) is 0 Å². The number of hydrogen-bond donors (Lipinski definition) is 0. The van der Waals surface area contributed by atoms with E-state index >= 15 is 0 Å². The summed E-state index contributed by atoms with van der Waals surface area (Å²) in [5.41, 5.74) is 7.60. The average Bonchev–Trinajstić information content (AvgIpc) is 0.837. The standard InChI is InChI=1S/C102H67BN6/c1-6-29-68(30-7-1)72-61-73(69-31-8-2-9-32-69)63-79(62-72)108-97-65-78(106-93-49-24-18-41-85(93)86-42-19-25-50-94(86)106)58-60-89(97)103-90-59-57-77(104(74-37-14-5-15-38-74)75-53-55-76(56-54-75)105-91-47-22-16-39-83(91)84-40-17-23-48-92(84)105)64-98(90)109(102-81(70-33-10-3-11-34-70)45-28-46-82(102)71-35-12-4-13-36-71)100-67-80(66-99(108)101(100)103)107-95-51-26-20-43-87(95)88-44-21-27-52-96(88)107/h1-67H/i5D,14D,15D,16D,17D,18D,19D,20D,21D,22D,23D,24D,25D,26D,27D,37D,38D,39D,40D,41D,42D,43D,44D,47D,48D,49D,50D,51D,52D. The summed E-state index contributed by atoms with van der Waals surface area (Å²) in [6.07, 6.45) is 0. The first-order chi connectivity index (χ1) is 66.1. The Labute approximate surface area is 672 Å². The van der Waals surface area contributed by atoms with Gasteiger partial charge in [-0.1, -0.05) is 279 Å². The molecule has 22 rings (SSSR count). The van der Waals surface area contributed by atoms with Gasteiger partial charge in [0.2, 0.25) is 0 Å². The zero-order valence-corrected chi connectivity index (χ0v) is 57.2. The lowest BCUT2D eigenvalue weighted by Crippen LogP contribution is -2.61. The van der Waals surface area contributed by atoms with Gasteiger partial charge in [0, 0.05) is 100 Å². The van der Waals surface area contributed by atoms with E-state index in [4.69, 9.17) is 9.60 Å². The highest BCUT2D eigenvalue weighted by atomic mass is 15.2. The molecule has 109 heavy (non-hydrogen) atoms. The molecule has 0 saturated carbocycles. The number of hydrogen-bond acceptors (Lipinski definition) is 3. The van der Waals surface area contributed by atoms with E-state index in [-0.39, 0.29) is 111 Å². The lowest BCUT2D eigenvalue weighted by molar-refractivity contribution is 1.15. The van der Waals surface area contributed by atoms with Crippen LogP contribution in [-0.4, -0.2) is 20.4 Å². The van der Waals surface area contributed by atoms with E-state index in [1.807, 2.05) is 180 Å². The molecule has 508 valence electrons. The molecule has 20 aromatic rings. The summed E-state index contributed by atoms with van der Waals surface area (Å²) in [5.74, 6) is 0. The van der Waals surface area contributed by atoms with Crippen LogP contribution in [0, 0.1) is 0 Å². The van der Waals surface area contributed by atoms with Crippen LogP contribution in [0.2, 0.25) is 0 Å². The van der Waals surface area contributed by atoms with Crippen molar-refractivity contribution in [3.8, 4) is 61.6 Å². The van der Waals surface area contributed by atoms with E-state index in [1.165, 1.54) is 42.9 Å². The minimum absolute atomic E-state index is 0.0253. The van der Waals surface area contributed by atoms with Gasteiger partial charge in [0.15, 0.2) is 0 Å². The van der Waals surface area contributed by atoms with E-state index in [2.05, 4.69) is 0 Å². The van der Waals surface area contributed by atoms with Crippen LogP contribution in [0.1, 0.15) is 39.8 Å². The third-order valence-electron chi connectivity index (χ3n) is 20.8. The average molecular weight is 1420 g/mol. The fourth-order valence-electron chi connectivity index (χ4n) is 16.2. The maximum absolute atomic E-state index is 10.2. The lowest BCUT2D eigenvalue weighted by atomic mass is 9.33. The number of aromatic nitrogens is 3. The summed E-state index contributed by atoms with van der Waals surface area (Å²) in [6.45, 7) is -1.11. The largest absolute Gasteiger partial charge is 0.311 e. The molecule has 0 spiro atoms. The number of nitrogens with zero attached hydrogens (tertiary/aromatic N) is 6. The summed E-state index contributed by atoms with van der Waals surface area (Å²) in [6, 6.07) is 51.1. The molecular weight excluding hydrogens is 1320 g/mol. The Morgan fingerprint density at radius 3 is 1.07 bits per heavy atom. The van der Waals surface area contributed by atoms with Gasteiger partial charge in [0.25, 0.3) is 6.71 Å². The van der Waals surface area contributed by atoms with E-state index in [0.717, 1.165) is 11.1 Å². The molecule has 3 aromatic heterocycles. The molecule has 0 amide bonds. The maximum atomic E-state index is 10.2. The van der Waals surface area contributed by atoms with Crippen LogP contribution in [0.3, 0.4) is 0 Å². The number of fused-ring (bicyclic) bond motifs is 13. The van der Waals surface area contributed by atoms with Crippen LogP contribution in [0.5, 0.6) is 0 Å². The second kappa shape index (κ2) is 25.2. The Morgan fingerprint density at radius 2 is 0.606 bits per heavy atom. The molecule has 0 bridgehead atoms. The Morgan fingerprint density at radius 1 is 0.239 bits per heavy atom. The first-order valence-corrected chi connectivity index (χ1v) is 35.2. The quantitative estimate of drug-likeness (QED) is 0.114. The van der Waals surface area contributed by atoms with Gasteiger partial charge in [-0.05, 0) is 177 Å². The predicted octanol–water partition coefficient (Wildman–Crippen LogP) is 25.2. The molecule has 0 radical (unpaired) electrons. The van der Waals surface area contributed by atoms with Crippen molar-refractivity contribution in [3.63, 3.8) is 0 Å². The first kappa shape index (κ1) is 39.6. The molecule has 0 unspecified atom stereocenters. The van der Waals surface area contributed by atoms with E-state index < -0.39 is 188 Å². The Kier molecular flexibility index (Phi) is 9.15. The van der Waals surface area contributed by atoms with Crippen LogP contribution in [0.25, 0.3) is 127 Å². The van der Waals surface area contributed by atoms with E-state index in [1.54, 1.807) is 36.4 Å². The molecule has 2 aliphatic heterocycles. The number of anilines is 9. The molecule has 2 aliphatic rings. The lowest BCUT2D eigenvalue weighted by Gasteiger charge is -2.45. The zero-order chi connectivity index (χ0) is 96.9. The van der Waals surface area contributed by atoms with Crippen LogP contribution in [-0.2, 0) is 0 Å². The van der Waals surface area contributed by atoms with Crippen molar-refractivity contribution < 1.29 is 39.8 Å². The van der Waals surface area contributed by atoms with Crippen LogP contribution in [0.4, 0.5) is 51.2 Å². The maximum Gasteiger partial charge on any atom is 0.252 e. The third-order valence-corrected chi connectivity index (χ3v) is 20.8. The summed E-state index contributed by atoms with van der Waals surface area (Å²) in [7, 11) is 0. The van der Waals surface area contributed by atoms with Crippen molar-refractivity contribution in [1.82, 2.24) is 13.7 Å². The zero-order valence-electron chi connectivity index (χ0n) is 86.2. The number of para-hydroxylation sites is 8. The summed E-state index contributed by atoms with van der Waals surface area (Å²) in [4.78, 5) is 5.44. The van der Waals surface area contributed by atoms with E-state index in [0.29, 0.717) is 66.8 Å². The van der Waals surface area contributed by atoms with Crippen molar-refractivity contribution in [2.75, 3.05) is 14.7 Å². The smallest absolute Gasteiger partial charge is 0.252 e. The fraction of sp³-hybridized carbons (Fsp3) is 0. The summed E-state index contributed by atoms with van der Waals surface area (Å²) in [5, 5.41) is -1.33. The highest BCUT2D eigenvalue weighted by molar-refractivity contribution is 7.00. The minimum Gasteiger partial charge on any atom is -0.311 e. The molecule has 0 fully saturated rings. The number of benzene rings is 17. The predicted molar refractivity (Wildman–Crippen MR) is 460 cm³/mol. The van der Waals surface area contributed by atoms with Gasteiger partial charge in [0.05, 0.1) is 84.2 Å². The Bertz CT molecular complexity index is 8470. The van der Waals surface area contributed by atoms with Crippen molar-refractivity contribution in [1.29, 1.82) is 0 Å². The molecule has 17 aromatic carbocycles.